The predicted octanol–water partition coefficient (Wildman–Crippen LogP) is 2.56. The standard InChI is InChI=1S/C15H18N4O2/c1-3-9-16-13-7-8-14(19-18-13)17-15(20)11-5-4-6-12(10-11)21-2/h4-8,10H,3,9H2,1-2H3,(H,16,18)(H,17,19,20). The van der Waals surface area contributed by atoms with Crippen LogP contribution in [-0.4, -0.2) is 29.8 Å². The Balaban J connectivity index is 2.01. The van der Waals surface area contributed by atoms with E-state index >= 15 is 0 Å². The van der Waals surface area contributed by atoms with E-state index in [4.69, 9.17) is 4.74 Å². The molecule has 0 radical (unpaired) electrons. The number of methoxy groups -OCH3 is 1. The molecule has 0 saturated heterocycles. The van der Waals surface area contributed by atoms with Crippen molar-refractivity contribution >= 4 is 17.5 Å². The minimum atomic E-state index is -0.252. The van der Waals surface area contributed by atoms with Gasteiger partial charge in [0.05, 0.1) is 7.11 Å². The highest BCUT2D eigenvalue weighted by atomic mass is 16.5. The minimum absolute atomic E-state index is 0.252. The number of benzene rings is 1. The van der Waals surface area contributed by atoms with Crippen LogP contribution in [0.1, 0.15) is 23.7 Å². The first-order valence-corrected chi connectivity index (χ1v) is 6.76. The Morgan fingerprint density at radius 2 is 1.95 bits per heavy atom. The minimum Gasteiger partial charge on any atom is -0.497 e. The molecule has 110 valence electrons. The summed E-state index contributed by atoms with van der Waals surface area (Å²) in [6.07, 6.45) is 1.01. The van der Waals surface area contributed by atoms with Gasteiger partial charge in [-0.05, 0) is 36.8 Å². The molecule has 0 unspecified atom stereocenters. The van der Waals surface area contributed by atoms with Crippen LogP contribution in [0.3, 0.4) is 0 Å². The molecule has 6 heteroatoms. The zero-order valence-corrected chi connectivity index (χ0v) is 12.1. The number of amides is 1. The summed E-state index contributed by atoms with van der Waals surface area (Å²) in [4.78, 5) is 12.1. The average Bonchev–Trinajstić information content (AvgIpc) is 2.54. The van der Waals surface area contributed by atoms with E-state index in [0.717, 1.165) is 13.0 Å². The third kappa shape index (κ3) is 4.17. The van der Waals surface area contributed by atoms with Crippen molar-refractivity contribution in [2.24, 2.45) is 0 Å². The van der Waals surface area contributed by atoms with Crippen LogP contribution >= 0.6 is 0 Å². The van der Waals surface area contributed by atoms with Gasteiger partial charge < -0.3 is 15.4 Å². The lowest BCUT2D eigenvalue weighted by molar-refractivity contribution is 0.102. The summed E-state index contributed by atoms with van der Waals surface area (Å²) in [6, 6.07) is 10.4. The molecule has 1 heterocycles. The summed E-state index contributed by atoms with van der Waals surface area (Å²) in [5.74, 6) is 1.48. The lowest BCUT2D eigenvalue weighted by atomic mass is 10.2. The molecule has 0 saturated carbocycles. The summed E-state index contributed by atoms with van der Waals surface area (Å²) < 4.78 is 5.09. The molecule has 2 N–H and O–H groups in total. The van der Waals surface area contributed by atoms with E-state index in [2.05, 4.69) is 27.8 Å². The first-order chi connectivity index (χ1) is 10.2. The number of carbonyl (C=O) groups is 1. The van der Waals surface area contributed by atoms with Gasteiger partial charge in [0.1, 0.15) is 11.6 Å². The molecule has 0 fully saturated rings. The molecular formula is C15H18N4O2. The van der Waals surface area contributed by atoms with E-state index < -0.39 is 0 Å². The molecule has 0 aliphatic carbocycles. The van der Waals surface area contributed by atoms with E-state index in [1.165, 1.54) is 0 Å². The molecule has 0 atom stereocenters. The third-order valence-corrected chi connectivity index (χ3v) is 2.79. The Hall–Kier alpha value is -2.63. The maximum absolute atomic E-state index is 12.1. The molecule has 0 aliphatic heterocycles. The molecule has 2 rings (SSSR count). The fraction of sp³-hybridized carbons (Fsp3) is 0.267. The fourth-order valence-corrected chi connectivity index (χ4v) is 1.70. The molecule has 2 aromatic rings. The topological polar surface area (TPSA) is 76.1 Å². The van der Waals surface area contributed by atoms with Crippen molar-refractivity contribution in [2.75, 3.05) is 24.3 Å². The van der Waals surface area contributed by atoms with Crippen molar-refractivity contribution in [1.29, 1.82) is 0 Å². The number of rotatable bonds is 6. The fourth-order valence-electron chi connectivity index (χ4n) is 1.70. The summed E-state index contributed by atoms with van der Waals surface area (Å²) in [7, 11) is 1.56. The molecule has 1 aromatic heterocycles. The highest BCUT2D eigenvalue weighted by Gasteiger charge is 2.08. The number of nitrogens with zero attached hydrogens (tertiary/aromatic N) is 2. The molecule has 1 aromatic carbocycles. The van der Waals surface area contributed by atoms with Gasteiger partial charge in [0.15, 0.2) is 5.82 Å². The van der Waals surface area contributed by atoms with Crippen LogP contribution in [0.4, 0.5) is 11.6 Å². The van der Waals surface area contributed by atoms with Gasteiger partial charge in [-0.2, -0.15) is 0 Å². The predicted molar refractivity (Wildman–Crippen MR) is 81.8 cm³/mol. The highest BCUT2D eigenvalue weighted by Crippen LogP contribution is 2.14. The molecule has 0 aliphatic rings. The van der Waals surface area contributed by atoms with E-state index in [0.29, 0.717) is 22.9 Å². The number of hydrogen-bond acceptors (Lipinski definition) is 5. The number of anilines is 2. The van der Waals surface area contributed by atoms with E-state index in [1.54, 1.807) is 43.5 Å². The van der Waals surface area contributed by atoms with Gasteiger partial charge in [0.2, 0.25) is 0 Å². The quantitative estimate of drug-likeness (QED) is 0.853. The normalized spacial score (nSPS) is 10.0. The molecule has 0 bridgehead atoms. The van der Waals surface area contributed by atoms with Crippen LogP contribution in [0, 0.1) is 0 Å². The van der Waals surface area contributed by atoms with Crippen LogP contribution in [0.25, 0.3) is 0 Å². The van der Waals surface area contributed by atoms with Gasteiger partial charge in [0.25, 0.3) is 5.91 Å². The summed E-state index contributed by atoms with van der Waals surface area (Å²) in [5.41, 5.74) is 0.504. The first kappa shape index (κ1) is 14.8. The van der Waals surface area contributed by atoms with Crippen molar-refractivity contribution in [3.8, 4) is 5.75 Å². The van der Waals surface area contributed by atoms with Gasteiger partial charge in [-0.15, -0.1) is 10.2 Å². The Morgan fingerprint density at radius 1 is 1.19 bits per heavy atom. The number of ether oxygens (including phenoxy) is 1. The van der Waals surface area contributed by atoms with Crippen LogP contribution < -0.4 is 15.4 Å². The Morgan fingerprint density at radius 3 is 2.62 bits per heavy atom. The lowest BCUT2D eigenvalue weighted by Gasteiger charge is -2.07. The van der Waals surface area contributed by atoms with E-state index in [9.17, 15) is 4.79 Å². The smallest absolute Gasteiger partial charge is 0.256 e. The third-order valence-electron chi connectivity index (χ3n) is 2.79. The number of aromatic nitrogens is 2. The van der Waals surface area contributed by atoms with Gasteiger partial charge in [-0.25, -0.2) is 0 Å². The Kier molecular flexibility index (Phi) is 5.09. The SMILES string of the molecule is CCCNc1ccc(NC(=O)c2cccc(OC)c2)nn1. The molecular weight excluding hydrogens is 268 g/mol. The van der Waals surface area contributed by atoms with Crippen LogP contribution in [0.5, 0.6) is 5.75 Å². The van der Waals surface area contributed by atoms with Crippen molar-refractivity contribution in [3.63, 3.8) is 0 Å². The van der Waals surface area contributed by atoms with Gasteiger partial charge in [-0.1, -0.05) is 13.0 Å². The van der Waals surface area contributed by atoms with Crippen molar-refractivity contribution < 1.29 is 9.53 Å². The summed E-state index contributed by atoms with van der Waals surface area (Å²) in [5, 5.41) is 13.8. The molecule has 1 amide bonds. The second-order valence-corrected chi connectivity index (χ2v) is 4.42. The maximum atomic E-state index is 12.1. The van der Waals surface area contributed by atoms with Crippen molar-refractivity contribution in [3.05, 3.63) is 42.0 Å². The van der Waals surface area contributed by atoms with Crippen LogP contribution in [0.2, 0.25) is 0 Å². The second kappa shape index (κ2) is 7.23. The monoisotopic (exact) mass is 286 g/mol. The van der Waals surface area contributed by atoms with Gasteiger partial charge >= 0.3 is 0 Å². The zero-order valence-electron chi connectivity index (χ0n) is 12.1. The van der Waals surface area contributed by atoms with Gasteiger partial charge in [-0.3, -0.25) is 4.79 Å². The Bertz CT molecular complexity index is 599. The van der Waals surface area contributed by atoms with E-state index in [1.807, 2.05) is 0 Å². The molecule has 21 heavy (non-hydrogen) atoms. The first-order valence-electron chi connectivity index (χ1n) is 6.76. The van der Waals surface area contributed by atoms with Crippen molar-refractivity contribution in [2.45, 2.75) is 13.3 Å². The highest BCUT2D eigenvalue weighted by molar-refractivity contribution is 6.03. The van der Waals surface area contributed by atoms with Gasteiger partial charge in [0, 0.05) is 12.1 Å². The Labute approximate surface area is 123 Å². The molecule has 6 nitrogen and oxygen atoms in total. The van der Waals surface area contributed by atoms with Crippen LogP contribution in [-0.2, 0) is 0 Å². The number of carbonyl (C=O) groups excluding carboxylic acids is 1. The summed E-state index contributed by atoms with van der Waals surface area (Å²) >= 11 is 0. The number of hydrogen-bond donors (Lipinski definition) is 2. The number of nitrogens with one attached hydrogen (secondary N) is 2. The lowest BCUT2D eigenvalue weighted by Crippen LogP contribution is -2.14. The molecule has 0 spiro atoms. The van der Waals surface area contributed by atoms with Crippen molar-refractivity contribution in [1.82, 2.24) is 10.2 Å². The average molecular weight is 286 g/mol. The zero-order chi connectivity index (χ0) is 15.1. The summed E-state index contributed by atoms with van der Waals surface area (Å²) in [6.45, 7) is 2.91. The van der Waals surface area contributed by atoms with Crippen LogP contribution in [0.15, 0.2) is 36.4 Å². The van der Waals surface area contributed by atoms with E-state index in [-0.39, 0.29) is 5.91 Å². The maximum Gasteiger partial charge on any atom is 0.256 e. The largest absolute Gasteiger partial charge is 0.497 e. The second-order valence-electron chi connectivity index (χ2n) is 4.42.